The van der Waals surface area contributed by atoms with Gasteiger partial charge in [0.15, 0.2) is 0 Å². The Kier molecular flexibility index (Phi) is 12.6. The molecule has 4 saturated heterocycles. The first-order chi connectivity index (χ1) is 30.9. The number of thioether (sulfide) groups is 2. The van der Waals surface area contributed by atoms with Crippen LogP contribution in [0.1, 0.15) is 61.3 Å². The number of aromatic carboxylic acids is 1. The lowest BCUT2D eigenvalue weighted by Gasteiger charge is -2.47. The van der Waals surface area contributed by atoms with E-state index >= 15 is 0 Å². The Morgan fingerprint density at radius 2 is 1.14 bits per heavy atom. The molecule has 2 aromatic carbocycles. The van der Waals surface area contributed by atoms with Gasteiger partial charge in [-0.05, 0) is 63.1 Å². The van der Waals surface area contributed by atoms with Crippen molar-refractivity contribution in [3.8, 4) is 0 Å². The number of nitrogens with one attached hydrogen (secondary N) is 4. The van der Waals surface area contributed by atoms with Crippen LogP contribution < -0.4 is 21.3 Å². The number of amides is 4. The fraction of sp³-hybridized carbons (Fsp3) is 0.455. The molecule has 6 heterocycles. The monoisotopic (exact) mass is 932 g/mol. The number of esters is 1. The number of hydrogen-bond donors (Lipinski definition) is 8. The van der Waals surface area contributed by atoms with Crippen LogP contribution in [0.4, 0.5) is 11.4 Å². The van der Waals surface area contributed by atoms with Crippen molar-refractivity contribution < 1.29 is 63.5 Å². The third kappa shape index (κ3) is 8.39. The normalized spacial score (nSPS) is 30.0. The molecule has 4 amide bonds. The van der Waals surface area contributed by atoms with Crippen molar-refractivity contribution in [2.45, 2.75) is 87.4 Å². The molecule has 0 aromatic heterocycles. The molecule has 19 nitrogen and oxygen atoms in total. The molecule has 0 unspecified atom stereocenters. The fourth-order valence-electron chi connectivity index (χ4n) is 9.91. The van der Waals surface area contributed by atoms with Gasteiger partial charge in [0.2, 0.25) is 23.6 Å². The third-order valence-corrected chi connectivity index (χ3v) is 16.1. The van der Waals surface area contributed by atoms with Crippen LogP contribution in [0.25, 0.3) is 0 Å². The van der Waals surface area contributed by atoms with Crippen molar-refractivity contribution in [2.75, 3.05) is 23.7 Å². The zero-order chi connectivity index (χ0) is 46.8. The molecule has 12 atom stereocenters. The maximum Gasteiger partial charge on any atom is 0.353 e. The van der Waals surface area contributed by atoms with E-state index in [-0.39, 0.29) is 50.8 Å². The maximum absolute atomic E-state index is 13.6. The van der Waals surface area contributed by atoms with Gasteiger partial charge < -0.3 is 56.2 Å². The van der Waals surface area contributed by atoms with E-state index in [1.165, 1.54) is 70.6 Å². The molecule has 65 heavy (non-hydrogen) atoms. The number of anilines is 2. The second-order valence-corrected chi connectivity index (χ2v) is 19.9. The molecule has 4 fully saturated rings. The van der Waals surface area contributed by atoms with Gasteiger partial charge in [0.1, 0.15) is 17.5 Å². The molecular weight excluding hydrogens is 885 g/mol. The second-order valence-electron chi connectivity index (χ2n) is 17.2. The first-order valence-electron chi connectivity index (χ1n) is 21.2. The maximum atomic E-state index is 13.6. The Hall–Kier alpha value is -5.74. The van der Waals surface area contributed by atoms with Crippen LogP contribution in [0.2, 0.25) is 0 Å². The molecule has 6 aliphatic heterocycles. The Morgan fingerprint density at radius 1 is 0.692 bits per heavy atom. The molecule has 8 N–H and O–H groups in total. The SMILES string of the molecule is C[C@@H](O)[C@H]1C(=O)N2C(C(=O)O)=C(S[C@@H]3CN[C@H](C(=O)Nc4cccc(C(=O)O[C@H](C)[C@H]5C(=O)N6C(C(=O)O)=C(S[C@@H]7CN[C@H](C(=O)Nc8cccc(C(=O)O)c8)C7)[C@H](C)[C@H]56)c4)C3)[C@H](C)[C@H]12. The van der Waals surface area contributed by atoms with Crippen LogP contribution in [0.15, 0.2) is 69.7 Å². The topological polar surface area (TPSA) is 281 Å². The average molecular weight is 933 g/mol. The summed E-state index contributed by atoms with van der Waals surface area (Å²) in [7, 11) is 0. The number of carbonyl (C=O) groups is 8. The highest BCUT2D eigenvalue weighted by atomic mass is 32.2. The highest BCUT2D eigenvalue weighted by Crippen LogP contribution is 2.53. The van der Waals surface area contributed by atoms with Gasteiger partial charge in [-0.15, -0.1) is 23.5 Å². The summed E-state index contributed by atoms with van der Waals surface area (Å²) in [5.74, 6) is -8.32. The lowest BCUT2D eigenvalue weighted by molar-refractivity contribution is -0.163. The van der Waals surface area contributed by atoms with Crippen molar-refractivity contribution in [2.24, 2.45) is 23.7 Å². The highest BCUT2D eigenvalue weighted by Gasteiger charge is 2.62. The number of carboxylic acids is 3. The van der Waals surface area contributed by atoms with Crippen LogP contribution in [0.5, 0.6) is 0 Å². The summed E-state index contributed by atoms with van der Waals surface area (Å²) in [6.07, 6.45) is -1.17. The number of carbonyl (C=O) groups excluding carboxylic acids is 5. The molecule has 21 heteroatoms. The minimum Gasteiger partial charge on any atom is -0.478 e. The Bertz CT molecular complexity index is 2460. The van der Waals surface area contributed by atoms with E-state index in [0.717, 1.165) is 0 Å². The van der Waals surface area contributed by atoms with Gasteiger partial charge in [0.25, 0.3) is 0 Å². The van der Waals surface area contributed by atoms with Crippen molar-refractivity contribution >= 4 is 82.4 Å². The number of nitrogens with zero attached hydrogens (tertiary/aromatic N) is 2. The minimum atomic E-state index is -1.28. The molecule has 8 rings (SSSR count). The zero-order valence-electron chi connectivity index (χ0n) is 35.5. The van der Waals surface area contributed by atoms with Crippen LogP contribution in [-0.2, 0) is 33.5 Å². The van der Waals surface area contributed by atoms with Gasteiger partial charge in [-0.25, -0.2) is 19.2 Å². The lowest BCUT2D eigenvalue weighted by atomic mass is 9.79. The summed E-state index contributed by atoms with van der Waals surface area (Å²) < 4.78 is 5.80. The smallest absolute Gasteiger partial charge is 0.353 e. The quantitative estimate of drug-likeness (QED) is 0.0940. The number of aliphatic hydroxyl groups is 1. The van der Waals surface area contributed by atoms with Gasteiger partial charge >= 0.3 is 23.9 Å². The molecule has 0 saturated carbocycles. The van der Waals surface area contributed by atoms with E-state index in [1.54, 1.807) is 25.1 Å². The first kappa shape index (κ1) is 45.8. The molecule has 2 aromatic rings. The highest BCUT2D eigenvalue weighted by molar-refractivity contribution is 8.04. The van der Waals surface area contributed by atoms with E-state index in [4.69, 9.17) is 4.74 Å². The number of hydrogen-bond acceptors (Lipinski definition) is 14. The summed E-state index contributed by atoms with van der Waals surface area (Å²) in [6, 6.07) is 9.66. The predicted octanol–water partition coefficient (Wildman–Crippen LogP) is 2.36. The average Bonchev–Trinajstić information content (AvgIpc) is 4.02. The zero-order valence-corrected chi connectivity index (χ0v) is 37.2. The molecule has 6 aliphatic rings. The second kappa shape index (κ2) is 17.9. The van der Waals surface area contributed by atoms with Gasteiger partial charge in [0.05, 0.1) is 53.2 Å². The van der Waals surface area contributed by atoms with Gasteiger partial charge in [-0.2, -0.15) is 0 Å². The van der Waals surface area contributed by atoms with Gasteiger partial charge in [-0.1, -0.05) is 26.0 Å². The summed E-state index contributed by atoms with van der Waals surface area (Å²) in [5.41, 5.74) is 0.539. The number of fused-ring (bicyclic) bond motifs is 2. The minimum absolute atomic E-state index is 0.0225. The first-order valence-corrected chi connectivity index (χ1v) is 23.0. The fourth-order valence-corrected chi connectivity index (χ4v) is 12.9. The van der Waals surface area contributed by atoms with Crippen molar-refractivity contribution in [1.29, 1.82) is 0 Å². The van der Waals surface area contributed by atoms with E-state index in [9.17, 15) is 58.8 Å². The number of ether oxygens (including phenoxy) is 1. The Morgan fingerprint density at radius 3 is 1.60 bits per heavy atom. The van der Waals surface area contributed by atoms with Gasteiger partial charge in [-0.3, -0.25) is 19.2 Å². The summed E-state index contributed by atoms with van der Waals surface area (Å²) >= 11 is 2.61. The molecule has 0 spiro atoms. The van der Waals surface area contributed by atoms with Crippen LogP contribution >= 0.6 is 23.5 Å². The largest absolute Gasteiger partial charge is 0.478 e. The molecule has 344 valence electrons. The predicted molar refractivity (Wildman–Crippen MR) is 235 cm³/mol. The number of rotatable bonds is 15. The number of aliphatic hydroxyl groups excluding tert-OH is 1. The summed E-state index contributed by atoms with van der Waals surface area (Å²) in [6.45, 7) is 7.51. The van der Waals surface area contributed by atoms with E-state index < -0.39 is 89.8 Å². The standard InChI is InChI=1S/C44H48N6O13S2/c1-17-31-29(19(3)51)39(54)49(31)33(42(58)59)35(17)64-25-13-28(46-15-25)38(53)48-24-10-6-8-22(12-24)44(62)63-20(4)30-32-18(2)36(34(43(60)61)50(32)40(30)55)65-26-14-27(45-16-26)37(52)47-23-9-5-7-21(11-23)41(56)57/h5-12,17-20,25-32,45-46,51H,13-16H2,1-4H3,(H,47,52)(H,48,53)(H,56,57)(H,58,59)(H,60,61)/t17-,18-,19-,20-,25+,26+,27+,28+,29-,30-,31-,32-/m1/s1. The Balaban J connectivity index is 0.847. The number of carboxylic acid groups (broad SMARTS) is 3. The van der Waals surface area contributed by atoms with E-state index in [0.29, 0.717) is 47.1 Å². The third-order valence-electron chi connectivity index (χ3n) is 13.0. The van der Waals surface area contributed by atoms with Gasteiger partial charge in [0, 0.05) is 56.6 Å². The molecular formula is C44H48N6O13S2. The Labute approximate surface area is 380 Å². The molecule has 0 bridgehead atoms. The number of aliphatic carboxylic acids is 2. The van der Waals surface area contributed by atoms with Crippen molar-refractivity contribution in [1.82, 2.24) is 20.4 Å². The van der Waals surface area contributed by atoms with Crippen LogP contribution in [-0.4, -0.2) is 138 Å². The van der Waals surface area contributed by atoms with Crippen LogP contribution in [0, 0.1) is 23.7 Å². The number of β-lactam (4-membered cyclic amide) rings is 2. The van der Waals surface area contributed by atoms with E-state index in [1.807, 2.05) is 13.8 Å². The van der Waals surface area contributed by atoms with E-state index in [2.05, 4.69) is 21.3 Å². The van der Waals surface area contributed by atoms with Crippen molar-refractivity contribution in [3.05, 3.63) is 80.9 Å². The van der Waals surface area contributed by atoms with Crippen molar-refractivity contribution in [3.63, 3.8) is 0 Å². The summed E-state index contributed by atoms with van der Waals surface area (Å²) in [4.78, 5) is 106. The summed E-state index contributed by atoms with van der Waals surface area (Å²) in [5, 5.41) is 51.2. The number of benzene rings is 2. The lowest BCUT2D eigenvalue weighted by Crippen LogP contribution is -2.64. The molecule has 0 radical (unpaired) electrons. The van der Waals surface area contributed by atoms with Crippen LogP contribution in [0.3, 0.4) is 0 Å². The molecule has 0 aliphatic carbocycles.